The third kappa shape index (κ3) is 3.65. The molecular formula is C23H18ClN3O3. The summed E-state index contributed by atoms with van der Waals surface area (Å²) in [5, 5.41) is 5.43. The second kappa shape index (κ2) is 8.39. The Labute approximate surface area is 178 Å². The molecule has 0 amide bonds. The summed E-state index contributed by atoms with van der Waals surface area (Å²) in [6.45, 7) is 0. The van der Waals surface area contributed by atoms with Crippen molar-refractivity contribution in [2.24, 2.45) is 5.10 Å². The number of hydrogen-bond donors (Lipinski definition) is 0. The van der Waals surface area contributed by atoms with Crippen LogP contribution >= 0.6 is 11.6 Å². The van der Waals surface area contributed by atoms with E-state index in [0.29, 0.717) is 44.4 Å². The highest BCUT2D eigenvalue weighted by Gasteiger charge is 2.15. The van der Waals surface area contributed by atoms with Crippen molar-refractivity contribution in [1.82, 2.24) is 9.66 Å². The Morgan fingerprint density at radius 1 is 0.967 bits per heavy atom. The van der Waals surface area contributed by atoms with E-state index in [1.807, 2.05) is 24.3 Å². The fourth-order valence-electron chi connectivity index (χ4n) is 3.09. The molecule has 1 aromatic heterocycles. The first kappa shape index (κ1) is 19.7. The molecule has 1 heterocycles. The van der Waals surface area contributed by atoms with Crippen molar-refractivity contribution in [2.75, 3.05) is 14.2 Å². The van der Waals surface area contributed by atoms with Gasteiger partial charge in [0.2, 0.25) is 0 Å². The molecule has 7 heteroatoms. The second-order valence-electron chi connectivity index (χ2n) is 6.41. The lowest BCUT2D eigenvalue weighted by Crippen LogP contribution is -2.20. The molecule has 0 atom stereocenters. The van der Waals surface area contributed by atoms with E-state index in [1.165, 1.54) is 4.68 Å². The number of aromatic nitrogens is 2. The van der Waals surface area contributed by atoms with Gasteiger partial charge in [-0.05, 0) is 36.4 Å². The van der Waals surface area contributed by atoms with Gasteiger partial charge in [0.05, 0.1) is 31.3 Å². The average molecular weight is 420 g/mol. The van der Waals surface area contributed by atoms with E-state index < -0.39 is 0 Å². The molecule has 0 saturated heterocycles. The van der Waals surface area contributed by atoms with Crippen molar-refractivity contribution in [3.8, 4) is 22.9 Å². The molecule has 0 N–H and O–H groups in total. The predicted octanol–water partition coefficient (Wildman–Crippen LogP) is 4.62. The molecule has 4 aromatic rings. The summed E-state index contributed by atoms with van der Waals surface area (Å²) in [4.78, 5) is 17.9. The highest BCUT2D eigenvalue weighted by molar-refractivity contribution is 6.33. The van der Waals surface area contributed by atoms with Gasteiger partial charge in [0.1, 0.15) is 0 Å². The topological polar surface area (TPSA) is 65.7 Å². The summed E-state index contributed by atoms with van der Waals surface area (Å²) in [5.41, 5.74) is 1.65. The zero-order valence-electron chi connectivity index (χ0n) is 16.4. The number of hydrogen-bond acceptors (Lipinski definition) is 5. The summed E-state index contributed by atoms with van der Waals surface area (Å²) < 4.78 is 12.0. The largest absolute Gasteiger partial charge is 0.493 e. The van der Waals surface area contributed by atoms with E-state index in [1.54, 1.807) is 62.9 Å². The molecule has 0 radical (unpaired) electrons. The number of para-hydroxylation sites is 1. The first-order chi connectivity index (χ1) is 14.6. The van der Waals surface area contributed by atoms with Crippen LogP contribution in [0.2, 0.25) is 5.02 Å². The second-order valence-corrected chi connectivity index (χ2v) is 6.81. The summed E-state index contributed by atoms with van der Waals surface area (Å²) in [6, 6.07) is 19.7. The number of rotatable bonds is 5. The maximum atomic E-state index is 13.2. The van der Waals surface area contributed by atoms with E-state index in [-0.39, 0.29) is 5.56 Å². The number of ether oxygens (including phenoxy) is 2. The number of methoxy groups -OCH3 is 2. The van der Waals surface area contributed by atoms with Crippen molar-refractivity contribution in [1.29, 1.82) is 0 Å². The van der Waals surface area contributed by atoms with Gasteiger partial charge in [0, 0.05) is 16.1 Å². The Hall–Kier alpha value is -3.64. The third-order valence-electron chi connectivity index (χ3n) is 4.61. The fraction of sp³-hybridized carbons (Fsp3) is 0.0870. The third-order valence-corrected chi connectivity index (χ3v) is 4.96. The van der Waals surface area contributed by atoms with Crippen LogP contribution < -0.4 is 15.0 Å². The standard InChI is InChI=1S/C23H18ClN3O3/c1-29-20-12-11-15(13-21(20)30-2)22-26-19-10-6-4-8-17(19)23(28)27(22)25-14-16-7-3-5-9-18(16)24/h3-14H,1-2H3. The van der Waals surface area contributed by atoms with Gasteiger partial charge in [-0.25, -0.2) is 4.98 Å². The SMILES string of the molecule is COc1ccc(-c2nc3ccccc3c(=O)n2N=Cc2ccccc2Cl)cc1OC. The number of benzene rings is 3. The molecule has 6 nitrogen and oxygen atoms in total. The highest BCUT2D eigenvalue weighted by Crippen LogP contribution is 2.31. The highest BCUT2D eigenvalue weighted by atomic mass is 35.5. The van der Waals surface area contributed by atoms with Crippen molar-refractivity contribution >= 4 is 28.7 Å². The monoisotopic (exact) mass is 419 g/mol. The lowest BCUT2D eigenvalue weighted by molar-refractivity contribution is 0.355. The van der Waals surface area contributed by atoms with Crippen LogP contribution in [0.1, 0.15) is 5.56 Å². The Balaban J connectivity index is 1.95. The Kier molecular flexibility index (Phi) is 5.50. The Bertz CT molecular complexity index is 1310. The van der Waals surface area contributed by atoms with Crippen LogP contribution in [0.25, 0.3) is 22.3 Å². The first-order valence-electron chi connectivity index (χ1n) is 9.15. The molecular weight excluding hydrogens is 402 g/mol. The lowest BCUT2D eigenvalue weighted by Gasteiger charge is -2.12. The average Bonchev–Trinajstić information content (AvgIpc) is 2.79. The molecule has 0 aliphatic carbocycles. The zero-order valence-corrected chi connectivity index (χ0v) is 17.1. The molecule has 3 aromatic carbocycles. The lowest BCUT2D eigenvalue weighted by atomic mass is 10.1. The van der Waals surface area contributed by atoms with Crippen molar-refractivity contribution in [3.05, 3.63) is 87.7 Å². The van der Waals surface area contributed by atoms with Gasteiger partial charge in [-0.3, -0.25) is 4.79 Å². The van der Waals surface area contributed by atoms with Crippen molar-refractivity contribution < 1.29 is 9.47 Å². The van der Waals surface area contributed by atoms with Crippen LogP contribution in [-0.2, 0) is 0 Å². The molecule has 0 bridgehead atoms. The van der Waals surface area contributed by atoms with Gasteiger partial charge in [0.15, 0.2) is 17.3 Å². The van der Waals surface area contributed by atoms with Crippen LogP contribution in [0.4, 0.5) is 0 Å². The Morgan fingerprint density at radius 2 is 1.70 bits per heavy atom. The fourth-order valence-corrected chi connectivity index (χ4v) is 3.28. The van der Waals surface area contributed by atoms with Crippen molar-refractivity contribution in [3.63, 3.8) is 0 Å². The first-order valence-corrected chi connectivity index (χ1v) is 9.53. The van der Waals surface area contributed by atoms with Crippen LogP contribution in [0.3, 0.4) is 0 Å². The minimum Gasteiger partial charge on any atom is -0.493 e. The number of nitrogens with zero attached hydrogens (tertiary/aromatic N) is 3. The predicted molar refractivity (Wildman–Crippen MR) is 119 cm³/mol. The molecule has 4 rings (SSSR count). The van der Waals surface area contributed by atoms with Crippen LogP contribution in [0, 0.1) is 0 Å². The quantitative estimate of drug-likeness (QED) is 0.443. The molecule has 30 heavy (non-hydrogen) atoms. The summed E-state index contributed by atoms with van der Waals surface area (Å²) in [5.74, 6) is 1.48. The summed E-state index contributed by atoms with van der Waals surface area (Å²) in [6.07, 6.45) is 1.55. The summed E-state index contributed by atoms with van der Waals surface area (Å²) >= 11 is 6.23. The Morgan fingerprint density at radius 3 is 2.47 bits per heavy atom. The number of halogens is 1. The van der Waals surface area contributed by atoms with Gasteiger partial charge in [0.25, 0.3) is 5.56 Å². The van der Waals surface area contributed by atoms with Gasteiger partial charge < -0.3 is 9.47 Å². The molecule has 0 aliphatic heterocycles. The van der Waals surface area contributed by atoms with Crippen molar-refractivity contribution in [2.45, 2.75) is 0 Å². The van der Waals surface area contributed by atoms with Gasteiger partial charge in [-0.1, -0.05) is 41.9 Å². The van der Waals surface area contributed by atoms with Gasteiger partial charge in [-0.15, -0.1) is 0 Å². The molecule has 0 fully saturated rings. The van der Waals surface area contributed by atoms with E-state index in [0.717, 1.165) is 0 Å². The molecule has 0 aliphatic rings. The van der Waals surface area contributed by atoms with Gasteiger partial charge >= 0.3 is 0 Å². The van der Waals surface area contributed by atoms with E-state index in [2.05, 4.69) is 5.10 Å². The molecule has 0 saturated carbocycles. The molecule has 0 spiro atoms. The molecule has 0 unspecified atom stereocenters. The van der Waals surface area contributed by atoms with Crippen LogP contribution in [0.5, 0.6) is 11.5 Å². The summed E-state index contributed by atoms with van der Waals surface area (Å²) in [7, 11) is 3.12. The van der Waals surface area contributed by atoms with Crippen LogP contribution in [-0.4, -0.2) is 30.1 Å². The van der Waals surface area contributed by atoms with E-state index in [9.17, 15) is 4.79 Å². The minimum atomic E-state index is -0.284. The van der Waals surface area contributed by atoms with Gasteiger partial charge in [-0.2, -0.15) is 9.78 Å². The van der Waals surface area contributed by atoms with E-state index >= 15 is 0 Å². The smallest absolute Gasteiger partial charge is 0.282 e. The normalized spacial score (nSPS) is 11.2. The minimum absolute atomic E-state index is 0.284. The molecule has 150 valence electrons. The maximum absolute atomic E-state index is 13.2. The van der Waals surface area contributed by atoms with E-state index in [4.69, 9.17) is 26.1 Å². The number of fused-ring (bicyclic) bond motifs is 1. The maximum Gasteiger partial charge on any atom is 0.282 e. The van der Waals surface area contributed by atoms with Crippen LogP contribution in [0.15, 0.2) is 76.6 Å². The zero-order chi connectivity index (χ0) is 21.1.